The molecule has 0 bridgehead atoms. The van der Waals surface area contributed by atoms with Crippen molar-refractivity contribution >= 4 is 34.0 Å². The molecule has 0 aliphatic rings. The maximum atomic E-state index is 14.1. The third kappa shape index (κ3) is 2.09. The van der Waals surface area contributed by atoms with E-state index in [1.807, 2.05) is 24.3 Å². The van der Waals surface area contributed by atoms with Gasteiger partial charge in [0.2, 0.25) is 0 Å². The fourth-order valence-electron chi connectivity index (χ4n) is 2.26. The van der Waals surface area contributed by atoms with Crippen molar-refractivity contribution in [1.82, 2.24) is 0 Å². The van der Waals surface area contributed by atoms with Gasteiger partial charge in [0.25, 0.3) is 0 Å². The zero-order valence-electron chi connectivity index (χ0n) is 9.83. The van der Waals surface area contributed by atoms with Crippen molar-refractivity contribution in [2.24, 2.45) is 0 Å². The summed E-state index contributed by atoms with van der Waals surface area (Å²) in [5, 5.41) is 2.40. The van der Waals surface area contributed by atoms with E-state index in [4.69, 9.17) is 23.2 Å². The molecule has 0 spiro atoms. The molecule has 3 rings (SSSR count). The van der Waals surface area contributed by atoms with Gasteiger partial charge in [-0.2, -0.15) is 0 Å². The van der Waals surface area contributed by atoms with E-state index < -0.39 is 0 Å². The summed E-state index contributed by atoms with van der Waals surface area (Å²) in [5.74, 6) is -0.274. The van der Waals surface area contributed by atoms with Gasteiger partial charge < -0.3 is 0 Å². The topological polar surface area (TPSA) is 0 Å². The van der Waals surface area contributed by atoms with Crippen LogP contribution in [-0.2, 0) is 0 Å². The first-order valence-corrected chi connectivity index (χ1v) is 6.55. The molecule has 3 aromatic rings. The number of fused-ring (bicyclic) bond motifs is 1. The summed E-state index contributed by atoms with van der Waals surface area (Å²) in [5.41, 5.74) is 1.38. The third-order valence-electron chi connectivity index (χ3n) is 3.09. The van der Waals surface area contributed by atoms with Gasteiger partial charge in [-0.05, 0) is 29.1 Å². The molecule has 0 aromatic heterocycles. The lowest BCUT2D eigenvalue weighted by atomic mass is 9.98. The zero-order valence-corrected chi connectivity index (χ0v) is 11.3. The number of hydrogen-bond acceptors (Lipinski definition) is 0. The second kappa shape index (κ2) is 4.84. The third-order valence-corrected chi connectivity index (χ3v) is 3.72. The number of hydrogen-bond donors (Lipinski definition) is 0. The van der Waals surface area contributed by atoms with E-state index in [1.165, 1.54) is 6.07 Å². The smallest absolute Gasteiger partial charge is 0.131 e. The molecule has 0 saturated heterocycles. The second-order valence-corrected chi connectivity index (χ2v) is 5.05. The van der Waals surface area contributed by atoms with E-state index in [1.54, 1.807) is 24.3 Å². The van der Waals surface area contributed by atoms with Gasteiger partial charge in [0.1, 0.15) is 5.82 Å². The van der Waals surface area contributed by atoms with Crippen LogP contribution < -0.4 is 0 Å². The first kappa shape index (κ1) is 12.5. The quantitative estimate of drug-likeness (QED) is 0.519. The summed E-state index contributed by atoms with van der Waals surface area (Å²) >= 11 is 12.4. The summed E-state index contributed by atoms with van der Waals surface area (Å²) in [6, 6.07) is 15.8. The van der Waals surface area contributed by atoms with Gasteiger partial charge >= 0.3 is 0 Å². The van der Waals surface area contributed by atoms with E-state index in [0.29, 0.717) is 26.6 Å². The first-order valence-electron chi connectivity index (χ1n) is 5.80. The molecule has 0 saturated carbocycles. The zero-order chi connectivity index (χ0) is 13.4. The van der Waals surface area contributed by atoms with Gasteiger partial charge in [0.05, 0.1) is 0 Å². The predicted octanol–water partition coefficient (Wildman–Crippen LogP) is 5.95. The van der Waals surface area contributed by atoms with E-state index in [9.17, 15) is 4.39 Å². The van der Waals surface area contributed by atoms with Crippen LogP contribution in [0.3, 0.4) is 0 Å². The summed E-state index contributed by atoms with van der Waals surface area (Å²) in [7, 11) is 0. The fourth-order valence-corrected chi connectivity index (χ4v) is 2.86. The highest BCUT2D eigenvalue weighted by atomic mass is 35.5. The molecule has 0 N–H and O–H groups in total. The van der Waals surface area contributed by atoms with E-state index in [0.717, 1.165) is 5.39 Å². The van der Waals surface area contributed by atoms with Crippen LogP contribution >= 0.6 is 23.2 Å². The minimum absolute atomic E-state index is 0.274. The van der Waals surface area contributed by atoms with Gasteiger partial charge in [-0.15, -0.1) is 0 Å². The standard InChI is InChI=1S/C16H9Cl2F/c17-12-7-3-8-13(18)16(12)11-6-1-4-10-5-2-9-14(19)15(10)11/h1-9H. The van der Waals surface area contributed by atoms with Crippen molar-refractivity contribution in [1.29, 1.82) is 0 Å². The fraction of sp³-hybridized carbons (Fsp3) is 0. The van der Waals surface area contributed by atoms with E-state index >= 15 is 0 Å². The van der Waals surface area contributed by atoms with Gasteiger partial charge in [0, 0.05) is 21.0 Å². The minimum Gasteiger partial charge on any atom is -0.206 e. The van der Waals surface area contributed by atoms with Crippen molar-refractivity contribution in [3.63, 3.8) is 0 Å². The summed E-state index contributed by atoms with van der Waals surface area (Å²) < 4.78 is 14.1. The lowest BCUT2D eigenvalue weighted by Gasteiger charge is -2.11. The molecule has 0 aliphatic carbocycles. The van der Waals surface area contributed by atoms with E-state index in [-0.39, 0.29) is 5.82 Å². The van der Waals surface area contributed by atoms with Crippen LogP contribution in [0.15, 0.2) is 54.6 Å². The van der Waals surface area contributed by atoms with Crippen molar-refractivity contribution in [2.75, 3.05) is 0 Å². The number of halogens is 3. The lowest BCUT2D eigenvalue weighted by molar-refractivity contribution is 0.640. The molecule has 0 heterocycles. The van der Waals surface area contributed by atoms with Crippen molar-refractivity contribution in [3.05, 3.63) is 70.5 Å². The Morgan fingerprint density at radius 3 is 2.00 bits per heavy atom. The number of rotatable bonds is 1. The molecule has 0 fully saturated rings. The summed E-state index contributed by atoms with van der Waals surface area (Å²) in [6.07, 6.45) is 0. The van der Waals surface area contributed by atoms with Crippen molar-refractivity contribution in [3.8, 4) is 11.1 Å². The summed E-state index contributed by atoms with van der Waals surface area (Å²) in [4.78, 5) is 0. The molecule has 0 unspecified atom stereocenters. The highest BCUT2D eigenvalue weighted by Gasteiger charge is 2.13. The first-order chi connectivity index (χ1) is 9.18. The van der Waals surface area contributed by atoms with Gasteiger partial charge in [-0.1, -0.05) is 59.6 Å². The van der Waals surface area contributed by atoms with E-state index in [2.05, 4.69) is 0 Å². The molecule has 94 valence electrons. The monoisotopic (exact) mass is 290 g/mol. The Kier molecular flexibility index (Phi) is 3.17. The van der Waals surface area contributed by atoms with Crippen molar-refractivity contribution in [2.45, 2.75) is 0 Å². The molecule has 3 aromatic carbocycles. The van der Waals surface area contributed by atoms with Crippen LogP contribution in [0.1, 0.15) is 0 Å². The van der Waals surface area contributed by atoms with Gasteiger partial charge in [-0.25, -0.2) is 4.39 Å². The Hall–Kier alpha value is -1.57. The SMILES string of the molecule is Fc1cccc2cccc(-c3c(Cl)cccc3Cl)c12. The van der Waals surface area contributed by atoms with Gasteiger partial charge in [0.15, 0.2) is 0 Å². The lowest BCUT2D eigenvalue weighted by Crippen LogP contribution is -1.87. The summed E-state index contributed by atoms with van der Waals surface area (Å²) in [6.45, 7) is 0. The molecule has 3 heteroatoms. The van der Waals surface area contributed by atoms with Crippen LogP contribution in [0, 0.1) is 5.82 Å². The maximum Gasteiger partial charge on any atom is 0.131 e. The van der Waals surface area contributed by atoms with Crippen LogP contribution in [0.4, 0.5) is 4.39 Å². The highest BCUT2D eigenvalue weighted by molar-refractivity contribution is 6.39. The number of benzene rings is 3. The molecule has 0 aliphatic heterocycles. The molecule has 0 nitrogen and oxygen atoms in total. The van der Waals surface area contributed by atoms with Crippen LogP contribution in [0.2, 0.25) is 10.0 Å². The Labute approximate surface area is 120 Å². The molecular formula is C16H9Cl2F. The normalized spacial score (nSPS) is 10.9. The van der Waals surface area contributed by atoms with Crippen LogP contribution in [-0.4, -0.2) is 0 Å². The average molecular weight is 291 g/mol. The molecule has 0 amide bonds. The van der Waals surface area contributed by atoms with Crippen molar-refractivity contribution < 1.29 is 4.39 Å². The largest absolute Gasteiger partial charge is 0.206 e. The van der Waals surface area contributed by atoms with Crippen LogP contribution in [0.25, 0.3) is 21.9 Å². The Bertz CT molecular complexity index is 740. The molecule has 0 atom stereocenters. The van der Waals surface area contributed by atoms with Crippen LogP contribution in [0.5, 0.6) is 0 Å². The Morgan fingerprint density at radius 2 is 1.32 bits per heavy atom. The Morgan fingerprint density at radius 1 is 0.737 bits per heavy atom. The predicted molar refractivity (Wildman–Crippen MR) is 79.4 cm³/mol. The average Bonchev–Trinajstić information content (AvgIpc) is 2.39. The van der Waals surface area contributed by atoms with Gasteiger partial charge in [-0.3, -0.25) is 0 Å². The minimum atomic E-state index is -0.274. The second-order valence-electron chi connectivity index (χ2n) is 4.24. The maximum absolute atomic E-state index is 14.1. The molecule has 0 radical (unpaired) electrons. The Balaban J connectivity index is 2.44. The molecular weight excluding hydrogens is 282 g/mol. The highest BCUT2D eigenvalue weighted by Crippen LogP contribution is 2.39. The molecule has 19 heavy (non-hydrogen) atoms.